The van der Waals surface area contributed by atoms with Gasteiger partial charge in [0.15, 0.2) is 11.7 Å². The molecule has 0 unspecified atom stereocenters. The van der Waals surface area contributed by atoms with Gasteiger partial charge in [-0.05, 0) is 51.3 Å². The zero-order valence-corrected chi connectivity index (χ0v) is 12.3. The van der Waals surface area contributed by atoms with Crippen LogP contribution in [0, 0.1) is 13.8 Å². The summed E-state index contributed by atoms with van der Waals surface area (Å²) in [7, 11) is 0. The highest BCUT2D eigenvalue weighted by atomic mass is 32.1. The minimum atomic E-state index is 0.789. The number of aryl methyl sites for hydroxylation is 3. The lowest BCUT2D eigenvalue weighted by atomic mass is 10.3. The molecule has 0 radical (unpaired) electrons. The summed E-state index contributed by atoms with van der Waals surface area (Å²) in [4.78, 5) is 6.91. The van der Waals surface area contributed by atoms with Crippen molar-refractivity contribution in [1.29, 1.82) is 0 Å². The lowest BCUT2D eigenvalue weighted by molar-refractivity contribution is 0.492. The first-order valence-electron chi connectivity index (χ1n) is 6.98. The van der Waals surface area contributed by atoms with Gasteiger partial charge in [0.2, 0.25) is 0 Å². The number of hydrogen-bond acceptors (Lipinski definition) is 4. The molecular weight excluding hydrogens is 256 g/mol. The molecule has 102 valence electrons. The minimum absolute atomic E-state index is 0.789. The van der Waals surface area contributed by atoms with Crippen LogP contribution in [0.15, 0.2) is 16.7 Å². The molecule has 2 aromatic heterocycles. The number of hydrogen-bond donors (Lipinski definition) is 1. The van der Waals surface area contributed by atoms with E-state index in [9.17, 15) is 0 Å². The Bertz CT molecular complexity index is 535. The summed E-state index contributed by atoms with van der Waals surface area (Å²) in [5.74, 6) is 1.77. The van der Waals surface area contributed by atoms with Crippen molar-refractivity contribution in [3.63, 3.8) is 0 Å². The molecule has 0 bridgehead atoms. The van der Waals surface area contributed by atoms with Gasteiger partial charge in [-0.2, -0.15) is 0 Å². The molecule has 0 atom stereocenters. The van der Waals surface area contributed by atoms with Gasteiger partial charge in [-0.25, -0.2) is 4.98 Å². The van der Waals surface area contributed by atoms with Gasteiger partial charge in [0.1, 0.15) is 0 Å². The van der Waals surface area contributed by atoms with Gasteiger partial charge in [-0.3, -0.25) is 0 Å². The third-order valence-corrected chi connectivity index (χ3v) is 4.71. The lowest BCUT2D eigenvalue weighted by Gasteiger charge is -1.99. The van der Waals surface area contributed by atoms with Crippen LogP contribution in [0.5, 0.6) is 0 Å². The van der Waals surface area contributed by atoms with E-state index in [0.717, 1.165) is 37.1 Å². The molecule has 2 heterocycles. The fourth-order valence-electron chi connectivity index (χ4n) is 2.07. The van der Waals surface area contributed by atoms with Crippen molar-refractivity contribution in [2.45, 2.75) is 45.6 Å². The van der Waals surface area contributed by atoms with Crippen LogP contribution in [0.2, 0.25) is 0 Å². The third-order valence-electron chi connectivity index (χ3n) is 3.54. The molecule has 2 aromatic rings. The van der Waals surface area contributed by atoms with Crippen LogP contribution in [-0.2, 0) is 6.42 Å². The van der Waals surface area contributed by atoms with E-state index in [4.69, 9.17) is 4.42 Å². The second-order valence-corrected chi connectivity index (χ2v) is 6.56. The smallest absolute Gasteiger partial charge is 0.194 e. The molecule has 1 aliphatic rings. The average molecular weight is 276 g/mol. The van der Waals surface area contributed by atoms with Crippen LogP contribution in [0.1, 0.15) is 35.6 Å². The summed E-state index contributed by atoms with van der Waals surface area (Å²) in [5, 5.41) is 3.51. The fourth-order valence-corrected chi connectivity index (χ4v) is 3.05. The molecule has 0 aliphatic heterocycles. The van der Waals surface area contributed by atoms with Crippen LogP contribution in [0.4, 0.5) is 0 Å². The first kappa shape index (κ1) is 12.9. The average Bonchev–Trinajstić information content (AvgIpc) is 2.99. The zero-order valence-electron chi connectivity index (χ0n) is 11.5. The van der Waals surface area contributed by atoms with Crippen LogP contribution >= 0.6 is 11.3 Å². The Morgan fingerprint density at radius 1 is 1.42 bits per heavy atom. The molecule has 1 N–H and O–H groups in total. The van der Waals surface area contributed by atoms with E-state index in [1.165, 1.54) is 28.2 Å². The maximum atomic E-state index is 5.83. The molecule has 1 saturated carbocycles. The Balaban J connectivity index is 1.55. The molecule has 1 fully saturated rings. The van der Waals surface area contributed by atoms with Crippen LogP contribution < -0.4 is 5.32 Å². The van der Waals surface area contributed by atoms with E-state index >= 15 is 0 Å². The SMILES string of the molecule is Cc1cc(-c2cnc(CCCNC3CC3)o2)sc1C. The van der Waals surface area contributed by atoms with Crippen LogP contribution in [0.3, 0.4) is 0 Å². The molecule has 19 heavy (non-hydrogen) atoms. The number of nitrogens with one attached hydrogen (secondary N) is 1. The molecule has 3 rings (SSSR count). The van der Waals surface area contributed by atoms with Crippen molar-refractivity contribution >= 4 is 11.3 Å². The van der Waals surface area contributed by atoms with Gasteiger partial charge in [-0.15, -0.1) is 11.3 Å². The van der Waals surface area contributed by atoms with Gasteiger partial charge in [0.05, 0.1) is 11.1 Å². The van der Waals surface area contributed by atoms with Gasteiger partial charge >= 0.3 is 0 Å². The maximum Gasteiger partial charge on any atom is 0.194 e. The quantitative estimate of drug-likeness (QED) is 0.817. The van der Waals surface area contributed by atoms with E-state index in [1.807, 2.05) is 6.20 Å². The topological polar surface area (TPSA) is 38.1 Å². The number of aromatic nitrogens is 1. The van der Waals surface area contributed by atoms with Gasteiger partial charge < -0.3 is 9.73 Å². The standard InChI is InChI=1S/C15H20N2OS/c1-10-8-14(19-11(10)2)13-9-17-15(18-13)4-3-7-16-12-5-6-12/h8-9,12,16H,3-7H2,1-2H3. The highest BCUT2D eigenvalue weighted by Crippen LogP contribution is 2.31. The van der Waals surface area contributed by atoms with E-state index in [1.54, 1.807) is 11.3 Å². The Kier molecular flexibility index (Phi) is 3.71. The first-order chi connectivity index (χ1) is 9.22. The van der Waals surface area contributed by atoms with Crippen molar-refractivity contribution in [3.05, 3.63) is 28.6 Å². The summed E-state index contributed by atoms with van der Waals surface area (Å²) in [6.45, 7) is 5.35. The van der Waals surface area contributed by atoms with Crippen molar-refractivity contribution in [1.82, 2.24) is 10.3 Å². The summed E-state index contributed by atoms with van der Waals surface area (Å²) in [6, 6.07) is 2.97. The molecule has 1 aliphatic carbocycles. The number of oxazole rings is 1. The minimum Gasteiger partial charge on any atom is -0.440 e. The predicted molar refractivity (Wildman–Crippen MR) is 78.6 cm³/mol. The Morgan fingerprint density at radius 2 is 2.26 bits per heavy atom. The summed E-state index contributed by atoms with van der Waals surface area (Å²) >= 11 is 1.78. The van der Waals surface area contributed by atoms with Gasteiger partial charge in [0.25, 0.3) is 0 Å². The summed E-state index contributed by atoms with van der Waals surface area (Å²) in [5.41, 5.74) is 1.33. The van der Waals surface area contributed by atoms with E-state index < -0.39 is 0 Å². The van der Waals surface area contributed by atoms with Crippen LogP contribution in [-0.4, -0.2) is 17.6 Å². The third kappa shape index (κ3) is 3.25. The lowest BCUT2D eigenvalue weighted by Crippen LogP contribution is -2.17. The number of thiophene rings is 1. The number of rotatable bonds is 6. The Hall–Kier alpha value is -1.13. The molecule has 0 saturated heterocycles. The van der Waals surface area contributed by atoms with Gasteiger partial charge in [0, 0.05) is 17.3 Å². The van der Waals surface area contributed by atoms with Crippen molar-refractivity contribution in [2.75, 3.05) is 6.54 Å². The second kappa shape index (κ2) is 5.47. The highest BCUT2D eigenvalue weighted by molar-refractivity contribution is 7.15. The largest absolute Gasteiger partial charge is 0.440 e. The zero-order chi connectivity index (χ0) is 13.2. The predicted octanol–water partition coefficient (Wildman–Crippen LogP) is 3.70. The van der Waals surface area contributed by atoms with Gasteiger partial charge in [-0.1, -0.05) is 0 Å². The molecule has 0 aromatic carbocycles. The first-order valence-corrected chi connectivity index (χ1v) is 7.79. The van der Waals surface area contributed by atoms with Crippen molar-refractivity contribution in [2.24, 2.45) is 0 Å². The van der Waals surface area contributed by atoms with Crippen LogP contribution in [0.25, 0.3) is 10.6 Å². The van der Waals surface area contributed by atoms with E-state index in [0.29, 0.717) is 0 Å². The fraction of sp³-hybridized carbons (Fsp3) is 0.533. The van der Waals surface area contributed by atoms with Crippen molar-refractivity contribution in [3.8, 4) is 10.6 Å². The monoisotopic (exact) mass is 276 g/mol. The molecular formula is C15H20N2OS. The van der Waals surface area contributed by atoms with E-state index in [-0.39, 0.29) is 0 Å². The van der Waals surface area contributed by atoms with E-state index in [2.05, 4.69) is 30.2 Å². The molecule has 0 amide bonds. The molecule has 4 heteroatoms. The molecule has 3 nitrogen and oxygen atoms in total. The van der Waals surface area contributed by atoms with Crippen molar-refractivity contribution < 1.29 is 4.42 Å². The highest BCUT2D eigenvalue weighted by Gasteiger charge is 2.19. The Labute approximate surface area is 118 Å². The summed E-state index contributed by atoms with van der Waals surface area (Å²) in [6.07, 6.45) is 6.57. The maximum absolute atomic E-state index is 5.83. The normalized spacial score (nSPS) is 15.1. The summed E-state index contributed by atoms with van der Waals surface area (Å²) < 4.78 is 5.83. The number of nitrogens with zero attached hydrogens (tertiary/aromatic N) is 1. The Morgan fingerprint density at radius 3 is 2.95 bits per heavy atom. The molecule has 0 spiro atoms. The second-order valence-electron chi connectivity index (χ2n) is 5.30.